The van der Waals surface area contributed by atoms with Gasteiger partial charge < -0.3 is 21.5 Å². The SMILES string of the molecule is Cl.NC1(CN[C@@H]2CNC[C@H]2O)CCC1. The minimum atomic E-state index is -0.247. The zero-order chi connectivity index (χ0) is 9.31. The molecule has 1 aliphatic carbocycles. The molecule has 5 N–H and O–H groups in total. The van der Waals surface area contributed by atoms with Gasteiger partial charge in [-0.3, -0.25) is 0 Å². The molecule has 0 aromatic heterocycles. The average Bonchev–Trinajstić information content (AvgIpc) is 2.44. The van der Waals surface area contributed by atoms with E-state index in [9.17, 15) is 5.11 Å². The molecule has 0 aromatic rings. The van der Waals surface area contributed by atoms with Crippen LogP contribution in [-0.4, -0.2) is 42.4 Å². The monoisotopic (exact) mass is 221 g/mol. The van der Waals surface area contributed by atoms with Crippen molar-refractivity contribution in [2.45, 2.75) is 36.9 Å². The van der Waals surface area contributed by atoms with Crippen LogP contribution in [0.5, 0.6) is 0 Å². The van der Waals surface area contributed by atoms with Crippen LogP contribution in [0.2, 0.25) is 0 Å². The third-order valence-electron chi connectivity index (χ3n) is 3.25. The van der Waals surface area contributed by atoms with E-state index in [1.54, 1.807) is 0 Å². The number of aliphatic hydroxyl groups is 1. The van der Waals surface area contributed by atoms with E-state index in [1.165, 1.54) is 6.42 Å². The van der Waals surface area contributed by atoms with Gasteiger partial charge in [0.1, 0.15) is 0 Å². The summed E-state index contributed by atoms with van der Waals surface area (Å²) in [7, 11) is 0. The summed E-state index contributed by atoms with van der Waals surface area (Å²) >= 11 is 0. The summed E-state index contributed by atoms with van der Waals surface area (Å²) in [4.78, 5) is 0. The molecule has 0 bridgehead atoms. The van der Waals surface area contributed by atoms with Crippen LogP contribution in [0, 0.1) is 0 Å². The molecular weight excluding hydrogens is 202 g/mol. The van der Waals surface area contributed by atoms with Gasteiger partial charge in [0.05, 0.1) is 6.10 Å². The number of aliphatic hydroxyl groups excluding tert-OH is 1. The summed E-state index contributed by atoms with van der Waals surface area (Å²) in [6.45, 7) is 2.41. The third-order valence-corrected chi connectivity index (χ3v) is 3.25. The number of hydrogen-bond acceptors (Lipinski definition) is 4. The fourth-order valence-electron chi connectivity index (χ4n) is 2.02. The lowest BCUT2D eigenvalue weighted by Gasteiger charge is -2.39. The molecule has 2 aliphatic rings. The fraction of sp³-hybridized carbons (Fsp3) is 1.00. The van der Waals surface area contributed by atoms with Crippen molar-refractivity contribution in [1.29, 1.82) is 0 Å². The van der Waals surface area contributed by atoms with Crippen LogP contribution in [0.3, 0.4) is 0 Å². The number of rotatable bonds is 3. The Morgan fingerprint density at radius 1 is 1.43 bits per heavy atom. The van der Waals surface area contributed by atoms with E-state index >= 15 is 0 Å². The zero-order valence-corrected chi connectivity index (χ0v) is 9.15. The van der Waals surface area contributed by atoms with Crippen LogP contribution in [0.4, 0.5) is 0 Å². The molecule has 1 saturated heterocycles. The van der Waals surface area contributed by atoms with Crippen molar-refractivity contribution >= 4 is 12.4 Å². The van der Waals surface area contributed by atoms with Crippen molar-refractivity contribution in [3.05, 3.63) is 0 Å². The Bertz CT molecular complexity index is 187. The van der Waals surface area contributed by atoms with E-state index in [0.717, 1.165) is 25.9 Å². The largest absolute Gasteiger partial charge is 0.390 e. The molecule has 1 heterocycles. The molecule has 0 radical (unpaired) electrons. The Kier molecular flexibility index (Phi) is 4.15. The smallest absolute Gasteiger partial charge is 0.0829 e. The predicted octanol–water partition coefficient (Wildman–Crippen LogP) is -0.788. The van der Waals surface area contributed by atoms with Crippen LogP contribution < -0.4 is 16.4 Å². The van der Waals surface area contributed by atoms with Crippen molar-refractivity contribution in [2.24, 2.45) is 5.73 Å². The van der Waals surface area contributed by atoms with E-state index in [4.69, 9.17) is 5.73 Å². The first-order valence-corrected chi connectivity index (χ1v) is 5.11. The number of nitrogens with two attached hydrogens (primary N) is 1. The van der Waals surface area contributed by atoms with E-state index in [-0.39, 0.29) is 30.1 Å². The van der Waals surface area contributed by atoms with Crippen LogP contribution in [-0.2, 0) is 0 Å². The lowest BCUT2D eigenvalue weighted by Crippen LogP contribution is -2.57. The standard InChI is InChI=1S/C9H19N3O.ClH/c10-9(2-1-3-9)6-12-7-4-11-5-8(7)13;/h7-8,11-13H,1-6,10H2;1H/t7-,8-;/m1./s1. The molecule has 0 amide bonds. The maximum absolute atomic E-state index is 9.51. The molecule has 0 spiro atoms. The number of nitrogens with one attached hydrogen (secondary N) is 2. The quantitative estimate of drug-likeness (QED) is 0.505. The van der Waals surface area contributed by atoms with Crippen LogP contribution >= 0.6 is 12.4 Å². The van der Waals surface area contributed by atoms with E-state index in [2.05, 4.69) is 10.6 Å². The van der Waals surface area contributed by atoms with Gasteiger partial charge in [-0.15, -0.1) is 12.4 Å². The molecule has 1 aliphatic heterocycles. The summed E-state index contributed by atoms with van der Waals surface area (Å²) in [6.07, 6.45) is 3.25. The van der Waals surface area contributed by atoms with Crippen LogP contribution in [0.25, 0.3) is 0 Å². The van der Waals surface area contributed by atoms with Gasteiger partial charge in [-0.25, -0.2) is 0 Å². The Morgan fingerprint density at radius 2 is 2.14 bits per heavy atom. The first-order valence-electron chi connectivity index (χ1n) is 5.11. The molecule has 14 heavy (non-hydrogen) atoms. The third kappa shape index (κ3) is 2.58. The summed E-state index contributed by atoms with van der Waals surface area (Å²) < 4.78 is 0. The summed E-state index contributed by atoms with van der Waals surface area (Å²) in [5.41, 5.74) is 6.08. The van der Waals surface area contributed by atoms with Gasteiger partial charge in [0.2, 0.25) is 0 Å². The minimum absolute atomic E-state index is 0. The van der Waals surface area contributed by atoms with Gasteiger partial charge in [0.25, 0.3) is 0 Å². The molecule has 2 atom stereocenters. The van der Waals surface area contributed by atoms with Crippen LogP contribution in [0.15, 0.2) is 0 Å². The highest BCUT2D eigenvalue weighted by Gasteiger charge is 2.34. The van der Waals surface area contributed by atoms with E-state index in [1.807, 2.05) is 0 Å². The van der Waals surface area contributed by atoms with Gasteiger partial charge in [-0.05, 0) is 19.3 Å². The van der Waals surface area contributed by atoms with Crippen LogP contribution in [0.1, 0.15) is 19.3 Å². The highest BCUT2D eigenvalue weighted by molar-refractivity contribution is 5.85. The van der Waals surface area contributed by atoms with Crippen molar-refractivity contribution in [2.75, 3.05) is 19.6 Å². The first kappa shape index (κ1) is 12.2. The maximum Gasteiger partial charge on any atom is 0.0829 e. The van der Waals surface area contributed by atoms with Crippen molar-refractivity contribution in [3.63, 3.8) is 0 Å². The van der Waals surface area contributed by atoms with Crippen molar-refractivity contribution in [1.82, 2.24) is 10.6 Å². The second kappa shape index (κ2) is 4.77. The van der Waals surface area contributed by atoms with Gasteiger partial charge >= 0.3 is 0 Å². The van der Waals surface area contributed by atoms with E-state index in [0.29, 0.717) is 6.54 Å². The number of hydrogen-bond donors (Lipinski definition) is 4. The minimum Gasteiger partial charge on any atom is -0.390 e. The lowest BCUT2D eigenvalue weighted by molar-refractivity contribution is 0.149. The molecule has 4 nitrogen and oxygen atoms in total. The van der Waals surface area contributed by atoms with Gasteiger partial charge in [0, 0.05) is 31.2 Å². The molecule has 84 valence electrons. The second-order valence-corrected chi connectivity index (χ2v) is 4.43. The Labute approximate surface area is 91.0 Å². The molecule has 2 rings (SSSR count). The van der Waals surface area contributed by atoms with Crippen molar-refractivity contribution in [3.8, 4) is 0 Å². The fourth-order valence-corrected chi connectivity index (χ4v) is 2.02. The topological polar surface area (TPSA) is 70.3 Å². The Morgan fingerprint density at radius 3 is 2.57 bits per heavy atom. The Balaban J connectivity index is 0.000000980. The number of β-amino-alcohol motifs (C(OH)–C–C–N with tert-alkyl or cyclic N) is 1. The van der Waals surface area contributed by atoms with Gasteiger partial charge in [-0.1, -0.05) is 0 Å². The predicted molar refractivity (Wildman–Crippen MR) is 58.7 cm³/mol. The Hall–Kier alpha value is 0.130. The molecule has 0 unspecified atom stereocenters. The molecule has 0 aromatic carbocycles. The molecular formula is C9H20ClN3O. The lowest BCUT2D eigenvalue weighted by atomic mass is 9.77. The summed E-state index contributed by atoms with van der Waals surface area (Å²) in [6, 6.07) is 0.195. The average molecular weight is 222 g/mol. The number of halogens is 1. The summed E-state index contributed by atoms with van der Waals surface area (Å²) in [5.74, 6) is 0. The molecule has 5 heteroatoms. The zero-order valence-electron chi connectivity index (χ0n) is 8.33. The molecule has 2 fully saturated rings. The summed E-state index contributed by atoms with van der Waals surface area (Å²) in [5, 5.41) is 16.0. The highest BCUT2D eigenvalue weighted by Crippen LogP contribution is 2.28. The van der Waals surface area contributed by atoms with Gasteiger partial charge in [0.15, 0.2) is 0 Å². The maximum atomic E-state index is 9.51. The van der Waals surface area contributed by atoms with E-state index < -0.39 is 0 Å². The van der Waals surface area contributed by atoms with Gasteiger partial charge in [-0.2, -0.15) is 0 Å². The van der Waals surface area contributed by atoms with Crippen molar-refractivity contribution < 1.29 is 5.11 Å². The molecule has 1 saturated carbocycles. The highest BCUT2D eigenvalue weighted by atomic mass is 35.5. The second-order valence-electron chi connectivity index (χ2n) is 4.43. The first-order chi connectivity index (χ1) is 6.20. The normalized spacial score (nSPS) is 34.7.